The van der Waals surface area contributed by atoms with Crippen molar-refractivity contribution in [1.82, 2.24) is 9.80 Å². The molecule has 130 valence electrons. The van der Waals surface area contributed by atoms with Crippen molar-refractivity contribution in [3.05, 3.63) is 29.8 Å². The van der Waals surface area contributed by atoms with Gasteiger partial charge in [0.2, 0.25) is 5.91 Å². The molecule has 2 heterocycles. The summed E-state index contributed by atoms with van der Waals surface area (Å²) < 4.78 is 15.9. The van der Waals surface area contributed by atoms with Crippen molar-refractivity contribution in [2.75, 3.05) is 46.6 Å². The van der Waals surface area contributed by atoms with Crippen LogP contribution in [-0.4, -0.2) is 74.3 Å². The van der Waals surface area contributed by atoms with Gasteiger partial charge in [-0.3, -0.25) is 9.59 Å². The van der Waals surface area contributed by atoms with E-state index in [4.69, 9.17) is 14.2 Å². The van der Waals surface area contributed by atoms with Gasteiger partial charge < -0.3 is 24.0 Å². The summed E-state index contributed by atoms with van der Waals surface area (Å²) in [5.74, 6) is 0.543. The van der Waals surface area contributed by atoms with Crippen molar-refractivity contribution in [3.8, 4) is 5.75 Å². The molecule has 24 heavy (non-hydrogen) atoms. The van der Waals surface area contributed by atoms with Crippen molar-refractivity contribution < 1.29 is 23.8 Å². The monoisotopic (exact) mass is 334 g/mol. The van der Waals surface area contributed by atoms with E-state index in [-0.39, 0.29) is 25.0 Å². The molecule has 0 bridgehead atoms. The van der Waals surface area contributed by atoms with Gasteiger partial charge in [-0.2, -0.15) is 0 Å². The Morgan fingerprint density at radius 2 is 2.21 bits per heavy atom. The lowest BCUT2D eigenvalue weighted by molar-refractivity contribution is -0.163. The molecule has 2 saturated heterocycles. The van der Waals surface area contributed by atoms with E-state index >= 15 is 0 Å². The van der Waals surface area contributed by atoms with Gasteiger partial charge >= 0.3 is 0 Å². The van der Waals surface area contributed by atoms with Crippen molar-refractivity contribution in [2.45, 2.75) is 12.6 Å². The van der Waals surface area contributed by atoms with Gasteiger partial charge in [-0.05, 0) is 17.7 Å². The maximum atomic E-state index is 12.4. The molecule has 0 radical (unpaired) electrons. The fraction of sp³-hybridized carbons (Fsp3) is 0.529. The SMILES string of the molecule is COc1cccc(CN2CCN(C(=O)C3COCCO3)CC2=O)c1. The summed E-state index contributed by atoms with van der Waals surface area (Å²) in [5, 5.41) is 0. The average molecular weight is 334 g/mol. The van der Waals surface area contributed by atoms with Gasteiger partial charge in [0.05, 0.1) is 33.5 Å². The minimum Gasteiger partial charge on any atom is -0.497 e. The van der Waals surface area contributed by atoms with E-state index in [2.05, 4.69) is 0 Å². The fourth-order valence-corrected chi connectivity index (χ4v) is 2.89. The van der Waals surface area contributed by atoms with Crippen LogP contribution in [0.25, 0.3) is 0 Å². The van der Waals surface area contributed by atoms with Gasteiger partial charge in [-0.15, -0.1) is 0 Å². The molecule has 2 aliphatic heterocycles. The number of rotatable bonds is 4. The molecule has 1 aromatic carbocycles. The maximum Gasteiger partial charge on any atom is 0.254 e. The first-order valence-electron chi connectivity index (χ1n) is 8.06. The molecule has 2 amide bonds. The van der Waals surface area contributed by atoms with Crippen LogP contribution in [0.15, 0.2) is 24.3 Å². The van der Waals surface area contributed by atoms with Crippen molar-refractivity contribution in [2.24, 2.45) is 0 Å². The zero-order valence-electron chi connectivity index (χ0n) is 13.8. The van der Waals surface area contributed by atoms with Gasteiger partial charge in [0.1, 0.15) is 5.75 Å². The van der Waals surface area contributed by atoms with Crippen LogP contribution in [0, 0.1) is 0 Å². The quantitative estimate of drug-likeness (QED) is 0.791. The summed E-state index contributed by atoms with van der Waals surface area (Å²) in [5.41, 5.74) is 1.01. The predicted molar refractivity (Wildman–Crippen MR) is 85.6 cm³/mol. The Morgan fingerprint density at radius 3 is 2.92 bits per heavy atom. The fourth-order valence-electron chi connectivity index (χ4n) is 2.89. The number of benzene rings is 1. The molecule has 1 aromatic rings. The molecule has 1 unspecified atom stereocenters. The zero-order chi connectivity index (χ0) is 16.9. The number of carbonyl (C=O) groups excluding carboxylic acids is 2. The van der Waals surface area contributed by atoms with Crippen LogP contribution < -0.4 is 4.74 Å². The second-order valence-corrected chi connectivity index (χ2v) is 5.86. The third-order valence-corrected chi connectivity index (χ3v) is 4.23. The van der Waals surface area contributed by atoms with Crippen LogP contribution in [0.5, 0.6) is 5.75 Å². The highest BCUT2D eigenvalue weighted by atomic mass is 16.6. The molecule has 0 N–H and O–H groups in total. The Kier molecular flexibility index (Phi) is 5.32. The summed E-state index contributed by atoms with van der Waals surface area (Å²) >= 11 is 0. The molecule has 7 heteroatoms. The molecule has 1 atom stereocenters. The number of carbonyl (C=O) groups is 2. The van der Waals surface area contributed by atoms with Crippen LogP contribution >= 0.6 is 0 Å². The van der Waals surface area contributed by atoms with Crippen molar-refractivity contribution in [3.63, 3.8) is 0 Å². The molecule has 3 rings (SSSR count). The zero-order valence-corrected chi connectivity index (χ0v) is 13.8. The largest absolute Gasteiger partial charge is 0.497 e. The van der Waals surface area contributed by atoms with Gasteiger partial charge in [-0.1, -0.05) is 12.1 Å². The van der Waals surface area contributed by atoms with Crippen molar-refractivity contribution >= 4 is 11.8 Å². The number of nitrogens with zero attached hydrogens (tertiary/aromatic N) is 2. The first kappa shape index (κ1) is 16.7. The second-order valence-electron chi connectivity index (χ2n) is 5.86. The van der Waals surface area contributed by atoms with Gasteiger partial charge in [-0.25, -0.2) is 0 Å². The standard InChI is InChI=1S/C17H22N2O5/c1-22-14-4-2-3-13(9-14)10-18-5-6-19(11-16(18)20)17(21)15-12-23-7-8-24-15/h2-4,9,15H,5-8,10-12H2,1H3. The van der Waals surface area contributed by atoms with Crippen LogP contribution in [0.3, 0.4) is 0 Å². The lowest BCUT2D eigenvalue weighted by Crippen LogP contribution is -2.55. The van der Waals surface area contributed by atoms with E-state index < -0.39 is 6.10 Å². The molecule has 0 aromatic heterocycles. The minimum atomic E-state index is -0.587. The number of piperazine rings is 1. The summed E-state index contributed by atoms with van der Waals surface area (Å²) in [7, 11) is 1.62. The van der Waals surface area contributed by atoms with Crippen molar-refractivity contribution in [1.29, 1.82) is 0 Å². The summed E-state index contributed by atoms with van der Waals surface area (Å²) in [6.45, 7) is 2.81. The average Bonchev–Trinajstić information content (AvgIpc) is 2.63. The van der Waals surface area contributed by atoms with Gasteiger partial charge in [0, 0.05) is 19.6 Å². The molecule has 0 spiro atoms. The number of hydrogen-bond acceptors (Lipinski definition) is 5. The molecule has 7 nitrogen and oxygen atoms in total. The topological polar surface area (TPSA) is 68.3 Å². The number of amides is 2. The Labute approximate surface area is 141 Å². The van der Waals surface area contributed by atoms with Crippen LogP contribution in [0.4, 0.5) is 0 Å². The highest BCUT2D eigenvalue weighted by Crippen LogP contribution is 2.16. The van der Waals surface area contributed by atoms with Crippen LogP contribution in [0.2, 0.25) is 0 Å². The number of methoxy groups -OCH3 is 1. The van der Waals surface area contributed by atoms with E-state index in [1.54, 1.807) is 16.9 Å². The van der Waals surface area contributed by atoms with E-state index in [1.807, 2.05) is 24.3 Å². The minimum absolute atomic E-state index is 0.0610. The summed E-state index contributed by atoms with van der Waals surface area (Å²) in [6, 6.07) is 7.64. The predicted octanol–water partition coefficient (Wildman–Crippen LogP) is 0.281. The van der Waals surface area contributed by atoms with E-state index in [0.717, 1.165) is 11.3 Å². The van der Waals surface area contributed by atoms with Gasteiger partial charge in [0.25, 0.3) is 5.91 Å². The Balaban J connectivity index is 1.56. The normalized spacial score (nSPS) is 21.7. The maximum absolute atomic E-state index is 12.4. The van der Waals surface area contributed by atoms with E-state index in [9.17, 15) is 9.59 Å². The first-order chi connectivity index (χ1) is 11.7. The van der Waals surface area contributed by atoms with Crippen LogP contribution in [-0.2, 0) is 25.6 Å². The molecular formula is C17H22N2O5. The third kappa shape index (κ3) is 3.85. The second kappa shape index (κ2) is 7.63. The third-order valence-electron chi connectivity index (χ3n) is 4.23. The van der Waals surface area contributed by atoms with Crippen LogP contribution in [0.1, 0.15) is 5.56 Å². The lowest BCUT2D eigenvalue weighted by atomic mass is 10.1. The summed E-state index contributed by atoms with van der Waals surface area (Å²) in [4.78, 5) is 28.1. The van der Waals surface area contributed by atoms with E-state index in [1.165, 1.54) is 0 Å². The summed E-state index contributed by atoms with van der Waals surface area (Å²) in [6.07, 6.45) is -0.587. The lowest BCUT2D eigenvalue weighted by Gasteiger charge is -2.36. The van der Waals surface area contributed by atoms with Gasteiger partial charge in [0.15, 0.2) is 6.10 Å². The highest BCUT2D eigenvalue weighted by Gasteiger charge is 2.32. The number of hydrogen-bond donors (Lipinski definition) is 0. The Hall–Kier alpha value is -2.12. The van der Waals surface area contributed by atoms with E-state index in [0.29, 0.717) is 32.8 Å². The highest BCUT2D eigenvalue weighted by molar-refractivity contribution is 5.88. The Morgan fingerprint density at radius 1 is 1.33 bits per heavy atom. The molecule has 2 fully saturated rings. The Bertz CT molecular complexity index is 600. The molecular weight excluding hydrogens is 312 g/mol. The molecule has 0 saturated carbocycles. The molecule has 2 aliphatic rings. The first-order valence-corrected chi connectivity index (χ1v) is 8.06. The smallest absolute Gasteiger partial charge is 0.254 e. The number of ether oxygens (including phenoxy) is 3. The molecule has 0 aliphatic carbocycles.